The number of pyridine rings is 1. The molecule has 0 radical (unpaired) electrons. The first-order valence-corrected chi connectivity index (χ1v) is 10.9. The normalized spacial score (nSPS) is 29.7. The van der Waals surface area contributed by atoms with Crippen molar-refractivity contribution in [1.82, 2.24) is 15.0 Å². The molecule has 1 unspecified atom stereocenters. The second-order valence-corrected chi connectivity index (χ2v) is 9.04. The van der Waals surface area contributed by atoms with Crippen LogP contribution in [-0.4, -0.2) is 52.3 Å². The van der Waals surface area contributed by atoms with Crippen LogP contribution in [0.2, 0.25) is 0 Å². The summed E-state index contributed by atoms with van der Waals surface area (Å²) in [5.41, 5.74) is 5.99. The highest BCUT2D eigenvalue weighted by Crippen LogP contribution is 2.57. The number of nitrogens with one attached hydrogen (secondary N) is 1. The summed E-state index contributed by atoms with van der Waals surface area (Å²) in [7, 11) is 0. The Morgan fingerprint density at radius 2 is 2.06 bits per heavy atom. The van der Waals surface area contributed by atoms with Crippen molar-refractivity contribution < 1.29 is 13.9 Å². The van der Waals surface area contributed by atoms with Gasteiger partial charge in [-0.05, 0) is 62.1 Å². The average Bonchev–Trinajstić information content (AvgIpc) is 2.71. The van der Waals surface area contributed by atoms with Gasteiger partial charge in [-0.25, -0.2) is 14.4 Å². The van der Waals surface area contributed by atoms with Crippen LogP contribution in [0.3, 0.4) is 0 Å². The van der Waals surface area contributed by atoms with Crippen LogP contribution in [0, 0.1) is 5.41 Å². The topological polar surface area (TPSA) is 106 Å². The summed E-state index contributed by atoms with van der Waals surface area (Å²) in [6.45, 7) is 1.23. The smallest absolute Gasteiger partial charge is 0.254 e. The molecule has 2 aliphatic carbocycles. The van der Waals surface area contributed by atoms with E-state index in [1.165, 1.54) is 0 Å². The van der Waals surface area contributed by atoms with Gasteiger partial charge in [0.1, 0.15) is 23.7 Å². The quantitative estimate of drug-likeness (QED) is 0.731. The first-order valence-electron chi connectivity index (χ1n) is 10.9. The summed E-state index contributed by atoms with van der Waals surface area (Å²) < 4.78 is 19.6. The zero-order valence-corrected chi connectivity index (χ0v) is 17.3. The van der Waals surface area contributed by atoms with Gasteiger partial charge in [0.15, 0.2) is 0 Å². The summed E-state index contributed by atoms with van der Waals surface area (Å²) in [4.78, 5) is 26.6. The molecule has 3 aliphatic rings. The third-order valence-electron chi connectivity index (χ3n) is 6.66. The van der Waals surface area contributed by atoms with Gasteiger partial charge >= 0.3 is 0 Å². The van der Waals surface area contributed by atoms with Crippen LogP contribution in [-0.2, 0) is 0 Å². The number of primary amides is 1. The Balaban J connectivity index is 1.12. The van der Waals surface area contributed by atoms with E-state index in [2.05, 4.69) is 20.3 Å². The number of aromatic nitrogens is 3. The number of rotatable bonds is 6. The van der Waals surface area contributed by atoms with Crippen LogP contribution in [0.15, 0.2) is 30.6 Å². The van der Waals surface area contributed by atoms with Gasteiger partial charge in [-0.15, -0.1) is 0 Å². The lowest BCUT2D eigenvalue weighted by Crippen LogP contribution is -2.56. The van der Waals surface area contributed by atoms with E-state index in [0.29, 0.717) is 36.4 Å². The molecule has 5 rings (SSSR count). The van der Waals surface area contributed by atoms with Crippen molar-refractivity contribution in [1.29, 1.82) is 0 Å². The molecule has 3 fully saturated rings. The molecule has 2 aromatic rings. The largest absolute Gasteiger partial charge is 0.474 e. The summed E-state index contributed by atoms with van der Waals surface area (Å²) >= 11 is 0. The van der Waals surface area contributed by atoms with Gasteiger partial charge in [-0.3, -0.25) is 4.79 Å². The van der Waals surface area contributed by atoms with Gasteiger partial charge in [0.05, 0.1) is 6.54 Å². The van der Waals surface area contributed by atoms with E-state index in [0.717, 1.165) is 44.5 Å². The Morgan fingerprint density at radius 3 is 2.84 bits per heavy atom. The third-order valence-corrected chi connectivity index (χ3v) is 6.66. The number of nitrogens with zero attached hydrogens (tertiary/aromatic N) is 4. The van der Waals surface area contributed by atoms with Crippen molar-refractivity contribution >= 4 is 17.7 Å². The fourth-order valence-corrected chi connectivity index (χ4v) is 5.15. The molecule has 2 aromatic heterocycles. The van der Waals surface area contributed by atoms with Crippen molar-refractivity contribution in [2.24, 2.45) is 11.1 Å². The Morgan fingerprint density at radius 1 is 1.23 bits per heavy atom. The van der Waals surface area contributed by atoms with Crippen LogP contribution >= 0.6 is 0 Å². The Hall–Kier alpha value is -2.97. The monoisotopic (exact) mass is 426 g/mol. The molecule has 0 aromatic carbocycles. The van der Waals surface area contributed by atoms with Crippen LogP contribution in [0.5, 0.6) is 5.88 Å². The zero-order valence-electron chi connectivity index (χ0n) is 17.3. The minimum absolute atomic E-state index is 0.0567. The highest BCUT2D eigenvalue weighted by molar-refractivity contribution is 5.94. The average molecular weight is 426 g/mol. The van der Waals surface area contributed by atoms with Crippen molar-refractivity contribution in [2.75, 3.05) is 23.3 Å². The summed E-state index contributed by atoms with van der Waals surface area (Å²) in [6, 6.07) is 5.48. The highest BCUT2D eigenvalue weighted by Gasteiger charge is 2.54. The van der Waals surface area contributed by atoms with Crippen molar-refractivity contribution in [3.8, 4) is 5.88 Å². The zero-order chi connectivity index (χ0) is 21.4. The molecule has 2 saturated carbocycles. The lowest BCUT2D eigenvalue weighted by atomic mass is 9.53. The predicted molar refractivity (Wildman–Crippen MR) is 114 cm³/mol. The number of halogens is 1. The van der Waals surface area contributed by atoms with Crippen LogP contribution < -0.4 is 20.7 Å². The molecule has 1 atom stereocenters. The molecule has 9 heteroatoms. The number of amides is 1. The van der Waals surface area contributed by atoms with E-state index in [4.69, 9.17) is 10.5 Å². The second kappa shape index (κ2) is 7.94. The first-order chi connectivity index (χ1) is 15.0. The molecular formula is C22H27FN6O2. The minimum Gasteiger partial charge on any atom is -0.474 e. The van der Waals surface area contributed by atoms with E-state index in [1.54, 1.807) is 24.5 Å². The van der Waals surface area contributed by atoms with E-state index in [-0.39, 0.29) is 11.5 Å². The van der Waals surface area contributed by atoms with Gasteiger partial charge < -0.3 is 20.7 Å². The number of anilines is 2. The molecule has 164 valence electrons. The molecule has 31 heavy (non-hydrogen) atoms. The molecule has 3 heterocycles. The number of piperidine rings is 1. The number of carbonyl (C=O) groups is 1. The third kappa shape index (κ3) is 4.13. The maximum absolute atomic E-state index is 13.7. The lowest BCUT2D eigenvalue weighted by Gasteiger charge is -2.57. The lowest BCUT2D eigenvalue weighted by molar-refractivity contribution is -0.0760. The molecular weight excluding hydrogens is 399 g/mol. The molecule has 1 aliphatic heterocycles. The second-order valence-electron chi connectivity index (χ2n) is 9.04. The summed E-state index contributed by atoms with van der Waals surface area (Å²) in [6.07, 6.45) is 8.02. The SMILES string of the molecule is NC(=O)c1cccnc1OC1CC2(CC(Nc3nccc(N4CCCC(F)C4)n3)C2)C1. The van der Waals surface area contributed by atoms with E-state index >= 15 is 0 Å². The number of hydrogen-bond acceptors (Lipinski definition) is 7. The predicted octanol–water partition coefficient (Wildman–Crippen LogP) is 2.71. The number of ether oxygens (including phenoxy) is 1. The van der Waals surface area contributed by atoms with Crippen molar-refractivity contribution in [3.05, 3.63) is 36.2 Å². The van der Waals surface area contributed by atoms with Gasteiger partial charge in [-0.2, -0.15) is 4.98 Å². The fraction of sp³-hybridized carbons (Fsp3) is 0.545. The van der Waals surface area contributed by atoms with E-state index < -0.39 is 12.1 Å². The maximum Gasteiger partial charge on any atom is 0.254 e. The van der Waals surface area contributed by atoms with Crippen molar-refractivity contribution in [2.45, 2.75) is 56.8 Å². The number of nitrogens with two attached hydrogens (primary N) is 1. The molecule has 0 bridgehead atoms. The summed E-state index contributed by atoms with van der Waals surface area (Å²) in [5, 5.41) is 3.42. The minimum atomic E-state index is -0.787. The van der Waals surface area contributed by atoms with E-state index in [1.807, 2.05) is 11.0 Å². The maximum atomic E-state index is 13.7. The van der Waals surface area contributed by atoms with Crippen molar-refractivity contribution in [3.63, 3.8) is 0 Å². The Bertz CT molecular complexity index is 959. The van der Waals surface area contributed by atoms with Gasteiger partial charge in [0, 0.05) is 25.0 Å². The highest BCUT2D eigenvalue weighted by atomic mass is 19.1. The molecule has 1 amide bonds. The molecule has 8 nitrogen and oxygen atoms in total. The standard InChI is InChI=1S/C22H27FN6O2/c23-14-3-2-8-29(13-14)18-5-7-26-21(28-18)27-15-9-22(10-15)11-16(12-22)31-20-17(19(24)30)4-1-6-25-20/h1,4-7,14-16H,2-3,8-13H2,(H2,24,30)(H,26,27,28). The molecule has 1 saturated heterocycles. The van der Waals surface area contributed by atoms with Gasteiger partial charge in [0.25, 0.3) is 5.91 Å². The number of hydrogen-bond donors (Lipinski definition) is 2. The van der Waals surface area contributed by atoms with Crippen LogP contribution in [0.4, 0.5) is 16.2 Å². The summed E-state index contributed by atoms with van der Waals surface area (Å²) in [5.74, 6) is 1.18. The fourth-order valence-electron chi connectivity index (χ4n) is 5.15. The Kier molecular flexibility index (Phi) is 5.11. The van der Waals surface area contributed by atoms with Gasteiger partial charge in [0.2, 0.25) is 11.8 Å². The molecule has 1 spiro atoms. The Labute approximate surface area is 180 Å². The van der Waals surface area contributed by atoms with Crippen LogP contribution in [0.1, 0.15) is 48.9 Å². The van der Waals surface area contributed by atoms with Gasteiger partial charge in [-0.1, -0.05) is 0 Å². The molecule has 3 N–H and O–H groups in total. The number of carbonyl (C=O) groups excluding carboxylic acids is 1. The van der Waals surface area contributed by atoms with Crippen LogP contribution in [0.25, 0.3) is 0 Å². The van der Waals surface area contributed by atoms with E-state index in [9.17, 15) is 9.18 Å². The first kappa shape index (κ1) is 20.0. The number of alkyl halides is 1.